The first-order chi connectivity index (χ1) is 32.4. The number of nitrogens with one attached hydrogen (secondary N) is 2. The number of aliphatic hydroxyl groups excluding tert-OH is 1. The average Bonchev–Trinajstić information content (AvgIpc) is 4.14. The Bertz CT molecular complexity index is 3140. The number of thiazole rings is 1. The van der Waals surface area contributed by atoms with Crippen LogP contribution in [0.15, 0.2) is 81.7 Å². The molecule has 2 aliphatic heterocycles. The van der Waals surface area contributed by atoms with Gasteiger partial charge in [0.25, 0.3) is 5.89 Å². The van der Waals surface area contributed by atoms with E-state index < -0.39 is 53.3 Å². The maximum absolute atomic E-state index is 14.4. The number of aromatic nitrogens is 5. The van der Waals surface area contributed by atoms with Crippen LogP contribution in [0.4, 0.5) is 0 Å². The second kappa shape index (κ2) is 18.0. The molecule has 0 radical (unpaired) electrons. The third kappa shape index (κ3) is 8.74. The predicted octanol–water partition coefficient (Wildman–Crippen LogP) is 7.84. The highest BCUT2D eigenvalue weighted by Gasteiger charge is 2.45. The number of β-amino-alcohol motifs (C(OH)–C–C–N with tert-alkyl or cyclic N) is 1. The minimum absolute atomic E-state index is 0.0517. The number of aryl methyl sites for hydroxylation is 3. The number of likely N-dealkylation sites (tertiary alicyclic amines) is 1. The number of carbonyl (C=O) groups is 4. The lowest BCUT2D eigenvalue weighted by Crippen LogP contribution is -2.57. The molecule has 4 aromatic heterocycles. The van der Waals surface area contributed by atoms with Crippen LogP contribution in [0.25, 0.3) is 37.7 Å². The van der Waals surface area contributed by atoms with E-state index in [0.29, 0.717) is 28.5 Å². The van der Waals surface area contributed by atoms with Crippen LogP contribution >= 0.6 is 22.7 Å². The monoisotopic (exact) mass is 953 g/mol. The van der Waals surface area contributed by atoms with Gasteiger partial charge in [0.1, 0.15) is 34.5 Å². The number of fused-ring (bicyclic) bond motifs is 4. The average molecular weight is 954 g/mol. The maximum Gasteiger partial charge on any atom is 0.307 e. The zero-order valence-electron chi connectivity index (χ0n) is 38.8. The molecule has 2 aliphatic rings. The van der Waals surface area contributed by atoms with Crippen LogP contribution in [0, 0.1) is 33.1 Å². The molecule has 7 aromatic rings. The minimum atomic E-state index is -1.10. The molecule has 0 saturated carbocycles. The third-order valence-electron chi connectivity index (χ3n) is 12.7. The summed E-state index contributed by atoms with van der Waals surface area (Å²) in [4.78, 5) is 71.5. The summed E-state index contributed by atoms with van der Waals surface area (Å²) in [5, 5.41) is 36.0. The molecular weight excluding hydrogens is 903 g/mol. The molecule has 0 spiro atoms. The fourth-order valence-electron chi connectivity index (χ4n) is 8.92. The number of aliphatic carboxylic acids is 1. The van der Waals surface area contributed by atoms with E-state index in [2.05, 4.69) is 30.8 Å². The second-order valence-electron chi connectivity index (χ2n) is 18.6. The number of carboxylic acids is 1. The third-order valence-corrected chi connectivity index (χ3v) is 14.9. The van der Waals surface area contributed by atoms with Crippen molar-refractivity contribution in [3.05, 3.63) is 123 Å². The van der Waals surface area contributed by atoms with Crippen LogP contribution in [0.3, 0.4) is 0 Å². The number of benzene rings is 3. The summed E-state index contributed by atoms with van der Waals surface area (Å²) in [5.74, 6) is -1.70. The summed E-state index contributed by atoms with van der Waals surface area (Å²) in [7, 11) is 0. The van der Waals surface area contributed by atoms with Crippen molar-refractivity contribution in [3.8, 4) is 26.6 Å². The van der Waals surface area contributed by atoms with Gasteiger partial charge in [0.05, 0.1) is 40.4 Å². The van der Waals surface area contributed by atoms with E-state index in [-0.39, 0.29) is 31.3 Å². The molecule has 2 unspecified atom stereocenters. The van der Waals surface area contributed by atoms with Gasteiger partial charge in [-0.05, 0) is 80.0 Å². The van der Waals surface area contributed by atoms with Crippen LogP contribution in [0.2, 0.25) is 0 Å². The molecule has 3 aromatic carbocycles. The Labute approximate surface area is 400 Å². The quantitative estimate of drug-likeness (QED) is 0.0979. The van der Waals surface area contributed by atoms with Crippen molar-refractivity contribution in [1.82, 2.24) is 40.3 Å². The molecule has 9 rings (SSSR count). The highest BCUT2D eigenvalue weighted by Crippen LogP contribution is 2.40. The fraction of sp³-hybridized carbons (Fsp3) is 0.340. The van der Waals surface area contributed by atoms with Gasteiger partial charge in [0, 0.05) is 29.0 Å². The normalized spacial score (nSPS) is 17.8. The van der Waals surface area contributed by atoms with Crippen molar-refractivity contribution in [1.29, 1.82) is 0 Å². The van der Waals surface area contributed by atoms with E-state index in [4.69, 9.17) is 9.41 Å². The standard InChI is InChI=1S/C50H51N9O7S2/c1-24-27(4)68-49-40(24)41(53-36(21-39(61)62)44-57-56-28(5)59(44)49)31-13-11-30(12-14-31)33-17-18-35-38(19-33)66-47(54-35)46(64)55-43(50(6,7)8)48(65)58-22-34(60)20-37(58)45(63)52-25(2)29-9-15-32(16-10-29)42-26(3)51-23-67-42/h9-19,23,25,34,36-37,43,60H,20-22H2,1-8H3,(H,52,63)(H,55,64)(H,61,62)/t25?,34-,36+,37+,43?/m1/s1. The van der Waals surface area contributed by atoms with E-state index in [1.54, 1.807) is 34.8 Å². The van der Waals surface area contributed by atoms with Crippen molar-refractivity contribution in [2.75, 3.05) is 6.54 Å². The van der Waals surface area contributed by atoms with Gasteiger partial charge in [0.2, 0.25) is 11.8 Å². The number of amides is 3. The molecule has 16 nitrogen and oxygen atoms in total. The number of hydrogen-bond donors (Lipinski definition) is 4. The molecule has 0 aliphatic carbocycles. The molecule has 0 bridgehead atoms. The number of nitrogens with zero attached hydrogens (tertiary/aromatic N) is 7. The Balaban J connectivity index is 0.912. The van der Waals surface area contributed by atoms with Gasteiger partial charge in [-0.3, -0.25) is 28.7 Å². The van der Waals surface area contributed by atoms with Gasteiger partial charge >= 0.3 is 11.9 Å². The topological polar surface area (TPSA) is 218 Å². The second-order valence-corrected chi connectivity index (χ2v) is 20.6. The number of rotatable bonds is 11. The van der Waals surface area contributed by atoms with Gasteiger partial charge in [-0.15, -0.1) is 32.9 Å². The summed E-state index contributed by atoms with van der Waals surface area (Å²) in [6, 6.07) is 17.9. The van der Waals surface area contributed by atoms with Crippen molar-refractivity contribution >= 4 is 63.2 Å². The van der Waals surface area contributed by atoms with Crippen molar-refractivity contribution in [2.45, 2.75) is 98.5 Å². The number of carboxylic acid groups (broad SMARTS) is 1. The number of hydrogen-bond acceptors (Lipinski definition) is 13. The minimum Gasteiger partial charge on any atom is -0.481 e. The summed E-state index contributed by atoms with van der Waals surface area (Å²) in [5.41, 5.74) is 9.74. The van der Waals surface area contributed by atoms with Crippen molar-refractivity contribution in [2.24, 2.45) is 10.4 Å². The zero-order valence-corrected chi connectivity index (χ0v) is 40.5. The van der Waals surface area contributed by atoms with Crippen LogP contribution in [-0.2, 0) is 14.4 Å². The zero-order chi connectivity index (χ0) is 48.3. The van der Waals surface area contributed by atoms with E-state index in [9.17, 15) is 29.4 Å². The lowest BCUT2D eigenvalue weighted by atomic mass is 9.85. The number of thiophene rings is 1. The van der Waals surface area contributed by atoms with Gasteiger partial charge < -0.3 is 30.2 Å². The van der Waals surface area contributed by atoms with Gasteiger partial charge in [-0.1, -0.05) is 75.4 Å². The van der Waals surface area contributed by atoms with Crippen LogP contribution in [-0.4, -0.2) is 94.0 Å². The summed E-state index contributed by atoms with van der Waals surface area (Å²) in [6.45, 7) is 15.1. The first kappa shape index (κ1) is 46.2. The Morgan fingerprint density at radius 2 is 1.60 bits per heavy atom. The summed E-state index contributed by atoms with van der Waals surface area (Å²) >= 11 is 3.16. The van der Waals surface area contributed by atoms with Gasteiger partial charge in [0.15, 0.2) is 11.4 Å². The van der Waals surface area contributed by atoms with E-state index in [1.807, 2.05) is 120 Å². The fourth-order valence-corrected chi connectivity index (χ4v) is 10.9. The molecule has 1 fully saturated rings. The number of oxazole rings is 1. The number of aliphatic imine (C=N–C) groups is 1. The molecule has 6 heterocycles. The summed E-state index contributed by atoms with van der Waals surface area (Å²) < 4.78 is 7.96. The van der Waals surface area contributed by atoms with E-state index >= 15 is 0 Å². The highest BCUT2D eigenvalue weighted by molar-refractivity contribution is 7.15. The van der Waals surface area contributed by atoms with Crippen LogP contribution in [0.5, 0.6) is 0 Å². The molecule has 18 heteroatoms. The van der Waals surface area contributed by atoms with Gasteiger partial charge in [-0.2, -0.15) is 0 Å². The molecule has 350 valence electrons. The Morgan fingerprint density at radius 1 is 0.912 bits per heavy atom. The Hall–Kier alpha value is -6.89. The van der Waals surface area contributed by atoms with Crippen molar-refractivity contribution in [3.63, 3.8) is 0 Å². The number of aliphatic hydroxyl groups is 1. The summed E-state index contributed by atoms with van der Waals surface area (Å²) in [6.07, 6.45) is -1.12. The Kier molecular flexibility index (Phi) is 12.2. The van der Waals surface area contributed by atoms with E-state index in [1.165, 1.54) is 4.90 Å². The lowest BCUT2D eigenvalue weighted by Gasteiger charge is -2.35. The van der Waals surface area contributed by atoms with Crippen LogP contribution < -0.4 is 10.6 Å². The first-order valence-corrected chi connectivity index (χ1v) is 24.0. The smallest absolute Gasteiger partial charge is 0.307 e. The van der Waals surface area contributed by atoms with Crippen molar-refractivity contribution < 1.29 is 33.8 Å². The largest absolute Gasteiger partial charge is 0.481 e. The molecule has 5 atom stereocenters. The maximum atomic E-state index is 14.4. The van der Waals surface area contributed by atoms with E-state index in [0.717, 1.165) is 59.4 Å². The Morgan fingerprint density at radius 3 is 2.28 bits per heavy atom. The predicted molar refractivity (Wildman–Crippen MR) is 259 cm³/mol. The molecular formula is C50H51N9O7S2. The van der Waals surface area contributed by atoms with Gasteiger partial charge in [-0.25, -0.2) is 9.97 Å². The highest BCUT2D eigenvalue weighted by atomic mass is 32.1. The molecule has 3 amide bonds. The lowest BCUT2D eigenvalue weighted by molar-refractivity contribution is -0.142. The number of carbonyl (C=O) groups excluding carboxylic acids is 3. The molecule has 1 saturated heterocycles. The first-order valence-electron chi connectivity index (χ1n) is 22.3. The molecule has 68 heavy (non-hydrogen) atoms. The SMILES string of the molecule is Cc1ncsc1-c1ccc(C(C)NC(=O)[C@@H]2C[C@@H](O)CN2C(=O)C(NC(=O)c2nc3ccc(-c4ccc(C5=N[C@@H](CC(=O)O)c6nnc(C)n6-c6sc(C)c(C)c65)cc4)cc3o2)C(C)(C)C)cc1. The van der Waals surface area contributed by atoms with Crippen LogP contribution in [0.1, 0.15) is 108 Å². The molecule has 4 N–H and O–H groups in total.